The fourth-order valence-electron chi connectivity index (χ4n) is 1.97. The number of aryl methyl sites for hydroxylation is 1. The fourth-order valence-corrected chi connectivity index (χ4v) is 2.86. The maximum Gasteiger partial charge on any atom is 0.251 e. The number of thiophene rings is 1. The molecule has 2 rings (SSSR count). The number of hydrogen-bond acceptors (Lipinski definition) is 3. The molecule has 0 atom stereocenters. The lowest BCUT2D eigenvalue weighted by Crippen LogP contribution is -2.22. The quantitative estimate of drug-likeness (QED) is 0.903. The molecule has 0 radical (unpaired) electrons. The van der Waals surface area contributed by atoms with Crippen molar-refractivity contribution in [1.82, 2.24) is 5.32 Å². The van der Waals surface area contributed by atoms with Crippen LogP contribution in [-0.2, 0) is 6.54 Å². The molecule has 1 amide bonds. The predicted molar refractivity (Wildman–Crippen MR) is 87.2 cm³/mol. The molecule has 112 valence electrons. The largest absolute Gasteiger partial charge is 0.491 e. The van der Waals surface area contributed by atoms with Gasteiger partial charge in [-0.15, -0.1) is 11.3 Å². The van der Waals surface area contributed by atoms with Crippen molar-refractivity contribution in [3.8, 4) is 5.75 Å². The molecule has 0 aliphatic carbocycles. The normalized spacial score (nSPS) is 10.7. The van der Waals surface area contributed by atoms with E-state index in [1.54, 1.807) is 23.5 Å². The maximum absolute atomic E-state index is 12.1. The van der Waals surface area contributed by atoms with Crippen LogP contribution in [0.1, 0.15) is 40.2 Å². The molecule has 1 aromatic heterocycles. The summed E-state index contributed by atoms with van der Waals surface area (Å²) in [6, 6.07) is 7.24. The molecule has 1 aromatic carbocycles. The van der Waals surface area contributed by atoms with Crippen LogP contribution in [0.15, 0.2) is 29.6 Å². The summed E-state index contributed by atoms with van der Waals surface area (Å²) in [5.41, 5.74) is 3.10. The van der Waals surface area contributed by atoms with Gasteiger partial charge in [-0.25, -0.2) is 0 Å². The predicted octanol–water partition coefficient (Wildman–Crippen LogP) is 4.08. The molecule has 4 heteroatoms. The maximum atomic E-state index is 12.1. The third kappa shape index (κ3) is 4.08. The Labute approximate surface area is 130 Å². The fraction of sp³-hybridized carbons (Fsp3) is 0.353. The van der Waals surface area contributed by atoms with Crippen LogP contribution in [0, 0.1) is 13.8 Å². The zero-order valence-corrected chi connectivity index (χ0v) is 13.7. The Hall–Kier alpha value is -1.81. The molecule has 0 aliphatic rings. The van der Waals surface area contributed by atoms with E-state index in [2.05, 4.69) is 24.5 Å². The van der Waals surface area contributed by atoms with Gasteiger partial charge in [0, 0.05) is 17.0 Å². The van der Waals surface area contributed by atoms with E-state index >= 15 is 0 Å². The number of amides is 1. The van der Waals surface area contributed by atoms with Gasteiger partial charge >= 0.3 is 0 Å². The molecule has 0 saturated carbocycles. The van der Waals surface area contributed by atoms with Gasteiger partial charge in [0.05, 0.1) is 6.10 Å². The van der Waals surface area contributed by atoms with E-state index < -0.39 is 0 Å². The zero-order chi connectivity index (χ0) is 15.4. The SMILES string of the molecule is Cc1scc(CNC(=O)c2ccc(OC(C)C)cc2)c1C. The highest BCUT2D eigenvalue weighted by atomic mass is 32.1. The Morgan fingerprint density at radius 2 is 1.90 bits per heavy atom. The van der Waals surface area contributed by atoms with Crippen molar-refractivity contribution in [2.45, 2.75) is 40.3 Å². The first-order valence-electron chi connectivity index (χ1n) is 7.06. The van der Waals surface area contributed by atoms with E-state index in [4.69, 9.17) is 4.74 Å². The zero-order valence-electron chi connectivity index (χ0n) is 12.9. The Morgan fingerprint density at radius 3 is 2.43 bits per heavy atom. The standard InChI is InChI=1S/C17H21NO2S/c1-11(2)20-16-7-5-14(6-8-16)17(19)18-9-15-10-21-13(4)12(15)3/h5-8,10-11H,9H2,1-4H3,(H,18,19). The first-order chi connectivity index (χ1) is 9.97. The monoisotopic (exact) mass is 303 g/mol. The Morgan fingerprint density at radius 1 is 1.24 bits per heavy atom. The van der Waals surface area contributed by atoms with E-state index in [0.717, 1.165) is 5.75 Å². The average Bonchev–Trinajstić information content (AvgIpc) is 2.76. The van der Waals surface area contributed by atoms with Crippen LogP contribution in [0.5, 0.6) is 5.75 Å². The minimum atomic E-state index is -0.0608. The van der Waals surface area contributed by atoms with Gasteiger partial charge in [-0.3, -0.25) is 4.79 Å². The minimum Gasteiger partial charge on any atom is -0.491 e. The second-order valence-electron chi connectivity index (χ2n) is 5.32. The van der Waals surface area contributed by atoms with Crippen LogP contribution >= 0.6 is 11.3 Å². The first kappa shape index (κ1) is 15.6. The summed E-state index contributed by atoms with van der Waals surface area (Å²) in [5, 5.41) is 5.06. The van der Waals surface area contributed by atoms with Crippen molar-refractivity contribution in [3.05, 3.63) is 51.2 Å². The highest BCUT2D eigenvalue weighted by Crippen LogP contribution is 2.20. The summed E-state index contributed by atoms with van der Waals surface area (Å²) in [6.07, 6.45) is 0.134. The molecule has 0 bridgehead atoms. The molecular weight excluding hydrogens is 282 g/mol. The van der Waals surface area contributed by atoms with Gasteiger partial charge in [0.25, 0.3) is 5.91 Å². The van der Waals surface area contributed by atoms with Crippen LogP contribution < -0.4 is 10.1 Å². The van der Waals surface area contributed by atoms with Crippen molar-refractivity contribution in [2.24, 2.45) is 0 Å². The van der Waals surface area contributed by atoms with Gasteiger partial charge in [-0.2, -0.15) is 0 Å². The molecule has 1 N–H and O–H groups in total. The number of hydrogen-bond donors (Lipinski definition) is 1. The summed E-state index contributed by atoms with van der Waals surface area (Å²) >= 11 is 1.72. The molecule has 0 fully saturated rings. The lowest BCUT2D eigenvalue weighted by Gasteiger charge is -2.10. The first-order valence-corrected chi connectivity index (χ1v) is 7.94. The van der Waals surface area contributed by atoms with E-state index in [1.807, 2.05) is 26.0 Å². The van der Waals surface area contributed by atoms with Crippen molar-refractivity contribution in [1.29, 1.82) is 0 Å². The number of carbonyl (C=O) groups is 1. The van der Waals surface area contributed by atoms with Gasteiger partial charge in [0.2, 0.25) is 0 Å². The molecule has 2 aromatic rings. The van der Waals surface area contributed by atoms with Crippen LogP contribution in [0.3, 0.4) is 0 Å². The number of ether oxygens (including phenoxy) is 1. The second kappa shape index (κ2) is 6.76. The number of carbonyl (C=O) groups excluding carboxylic acids is 1. The highest BCUT2D eigenvalue weighted by molar-refractivity contribution is 7.10. The van der Waals surface area contributed by atoms with Gasteiger partial charge in [-0.05, 0) is 68.5 Å². The van der Waals surface area contributed by atoms with E-state index in [1.165, 1.54) is 16.0 Å². The Kier molecular flexibility index (Phi) is 5.02. The van der Waals surface area contributed by atoms with Crippen LogP contribution in [0.4, 0.5) is 0 Å². The number of rotatable bonds is 5. The number of benzene rings is 1. The highest BCUT2D eigenvalue weighted by Gasteiger charge is 2.08. The lowest BCUT2D eigenvalue weighted by atomic mass is 10.1. The van der Waals surface area contributed by atoms with Crippen molar-refractivity contribution in [2.75, 3.05) is 0 Å². The molecule has 3 nitrogen and oxygen atoms in total. The van der Waals surface area contributed by atoms with Crippen molar-refractivity contribution in [3.63, 3.8) is 0 Å². The third-order valence-electron chi connectivity index (χ3n) is 3.32. The van der Waals surface area contributed by atoms with E-state index in [9.17, 15) is 4.79 Å². The summed E-state index contributed by atoms with van der Waals surface area (Å²) in [5.74, 6) is 0.722. The van der Waals surface area contributed by atoms with Crippen molar-refractivity contribution >= 4 is 17.2 Å². The molecule has 21 heavy (non-hydrogen) atoms. The smallest absolute Gasteiger partial charge is 0.251 e. The van der Waals surface area contributed by atoms with Crippen LogP contribution in [0.2, 0.25) is 0 Å². The molecule has 0 spiro atoms. The summed E-state index contributed by atoms with van der Waals surface area (Å²) in [6.45, 7) is 8.71. The number of nitrogens with one attached hydrogen (secondary N) is 1. The Bertz CT molecular complexity index is 614. The molecule has 0 saturated heterocycles. The molecular formula is C17H21NO2S. The third-order valence-corrected chi connectivity index (χ3v) is 4.38. The second-order valence-corrected chi connectivity index (χ2v) is 6.40. The Balaban J connectivity index is 1.95. The molecule has 1 heterocycles. The lowest BCUT2D eigenvalue weighted by molar-refractivity contribution is 0.0951. The molecule has 0 aliphatic heterocycles. The average molecular weight is 303 g/mol. The van der Waals surface area contributed by atoms with Gasteiger partial charge in [0.1, 0.15) is 5.75 Å². The summed E-state index contributed by atoms with van der Waals surface area (Å²) < 4.78 is 5.57. The van der Waals surface area contributed by atoms with Crippen LogP contribution in [0.25, 0.3) is 0 Å². The van der Waals surface area contributed by atoms with Gasteiger partial charge in [0.15, 0.2) is 0 Å². The summed E-state index contributed by atoms with van der Waals surface area (Å²) in [7, 11) is 0. The van der Waals surface area contributed by atoms with Crippen molar-refractivity contribution < 1.29 is 9.53 Å². The van der Waals surface area contributed by atoms with E-state index in [-0.39, 0.29) is 12.0 Å². The van der Waals surface area contributed by atoms with Crippen LogP contribution in [-0.4, -0.2) is 12.0 Å². The topological polar surface area (TPSA) is 38.3 Å². The molecule has 0 unspecified atom stereocenters. The van der Waals surface area contributed by atoms with E-state index in [0.29, 0.717) is 12.1 Å². The summed E-state index contributed by atoms with van der Waals surface area (Å²) in [4.78, 5) is 13.4. The van der Waals surface area contributed by atoms with Gasteiger partial charge in [-0.1, -0.05) is 0 Å². The minimum absolute atomic E-state index is 0.0608. The van der Waals surface area contributed by atoms with Gasteiger partial charge < -0.3 is 10.1 Å².